The third kappa shape index (κ3) is 2.99. The van der Waals surface area contributed by atoms with E-state index in [0.29, 0.717) is 28.8 Å². The van der Waals surface area contributed by atoms with Gasteiger partial charge in [0.2, 0.25) is 0 Å². The van der Waals surface area contributed by atoms with Gasteiger partial charge in [0.1, 0.15) is 5.15 Å². The second-order valence-electron chi connectivity index (χ2n) is 6.47. The number of aromatic nitrogens is 3. The number of benzene rings is 1. The molecular weight excluding hydrogens is 373 g/mol. The first-order valence-electron chi connectivity index (χ1n) is 8.22. The summed E-state index contributed by atoms with van der Waals surface area (Å²) in [6, 6.07) is 7.40. The minimum absolute atomic E-state index is 0.0617. The molecule has 1 aromatic carbocycles. The van der Waals surface area contributed by atoms with E-state index in [1.54, 1.807) is 6.07 Å². The number of nitrogens with zero attached hydrogens (tertiary/aromatic N) is 4. The lowest BCUT2D eigenvalue weighted by Gasteiger charge is -2.41. The van der Waals surface area contributed by atoms with Crippen LogP contribution in [0.15, 0.2) is 30.5 Å². The maximum absolute atomic E-state index is 12.5. The molecule has 6 nitrogen and oxygen atoms in total. The van der Waals surface area contributed by atoms with Gasteiger partial charge in [0.25, 0.3) is 5.91 Å². The number of nitrogens with one attached hydrogen (secondary N) is 1. The van der Waals surface area contributed by atoms with Crippen molar-refractivity contribution in [2.45, 2.75) is 13.0 Å². The summed E-state index contributed by atoms with van der Waals surface area (Å²) in [5, 5.41) is 9.49. The molecule has 2 aromatic heterocycles. The summed E-state index contributed by atoms with van der Waals surface area (Å²) in [6.07, 6.45) is 1.54. The van der Waals surface area contributed by atoms with E-state index in [-0.39, 0.29) is 11.9 Å². The predicted octanol–water partition coefficient (Wildman–Crippen LogP) is 3.20. The van der Waals surface area contributed by atoms with Crippen molar-refractivity contribution < 1.29 is 4.79 Å². The van der Waals surface area contributed by atoms with Crippen LogP contribution in [0.5, 0.6) is 0 Å². The Morgan fingerprint density at radius 2 is 2.04 bits per heavy atom. The number of hydrogen-bond acceptors (Lipinski definition) is 4. The fourth-order valence-corrected chi connectivity index (χ4v) is 3.53. The van der Waals surface area contributed by atoms with Crippen molar-refractivity contribution in [1.29, 1.82) is 0 Å². The zero-order chi connectivity index (χ0) is 18.4. The fourth-order valence-electron chi connectivity index (χ4n) is 3.15. The number of amides is 1. The Hall–Kier alpha value is -2.31. The number of pyridine rings is 1. The molecule has 3 aromatic rings. The van der Waals surface area contributed by atoms with Crippen LogP contribution in [0.25, 0.3) is 10.9 Å². The molecule has 1 amide bonds. The Kier molecular flexibility index (Phi) is 4.25. The van der Waals surface area contributed by atoms with Crippen LogP contribution >= 0.6 is 23.2 Å². The molecule has 0 bridgehead atoms. The number of anilines is 1. The molecule has 1 aliphatic rings. The van der Waals surface area contributed by atoms with E-state index in [1.807, 2.05) is 36.9 Å². The lowest BCUT2D eigenvalue weighted by atomic mass is 10.1. The van der Waals surface area contributed by atoms with Gasteiger partial charge in [-0.1, -0.05) is 29.3 Å². The quantitative estimate of drug-likeness (QED) is 0.698. The summed E-state index contributed by atoms with van der Waals surface area (Å²) in [7, 11) is 1.90. The SMILES string of the molecule is Cc1c2ccc(C(=O)NC3CN(c4cc(Cl)ncc4Cl)C3)cc2nn1C. The number of hydrogen-bond donors (Lipinski definition) is 1. The van der Waals surface area contributed by atoms with Crippen molar-refractivity contribution >= 4 is 45.7 Å². The number of fused-ring (bicyclic) bond motifs is 1. The van der Waals surface area contributed by atoms with E-state index >= 15 is 0 Å². The Labute approximate surface area is 160 Å². The van der Waals surface area contributed by atoms with Gasteiger partial charge in [0.15, 0.2) is 0 Å². The lowest BCUT2D eigenvalue weighted by molar-refractivity contribution is 0.0930. The number of carbonyl (C=O) groups excluding carboxylic acids is 1. The average Bonchev–Trinajstić information content (AvgIpc) is 2.87. The Morgan fingerprint density at radius 1 is 1.27 bits per heavy atom. The molecule has 0 spiro atoms. The first-order valence-corrected chi connectivity index (χ1v) is 8.98. The van der Waals surface area contributed by atoms with E-state index in [9.17, 15) is 4.79 Å². The molecule has 0 saturated carbocycles. The smallest absolute Gasteiger partial charge is 0.251 e. The molecule has 1 saturated heterocycles. The van der Waals surface area contributed by atoms with Crippen LogP contribution in [0.3, 0.4) is 0 Å². The summed E-state index contributed by atoms with van der Waals surface area (Å²) in [5.41, 5.74) is 3.35. The summed E-state index contributed by atoms with van der Waals surface area (Å²) >= 11 is 12.1. The zero-order valence-corrected chi connectivity index (χ0v) is 15.8. The number of carbonyl (C=O) groups is 1. The Bertz CT molecular complexity index is 1010. The predicted molar refractivity (Wildman–Crippen MR) is 103 cm³/mol. The van der Waals surface area contributed by atoms with Gasteiger partial charge in [-0.2, -0.15) is 5.10 Å². The van der Waals surface area contributed by atoms with Crippen molar-refractivity contribution in [3.05, 3.63) is 51.9 Å². The van der Waals surface area contributed by atoms with E-state index in [2.05, 4.69) is 20.3 Å². The highest BCUT2D eigenvalue weighted by Gasteiger charge is 2.30. The van der Waals surface area contributed by atoms with Crippen LogP contribution < -0.4 is 10.2 Å². The average molecular weight is 390 g/mol. The van der Waals surface area contributed by atoms with Crippen molar-refractivity contribution in [3.8, 4) is 0 Å². The first-order chi connectivity index (χ1) is 12.4. The summed E-state index contributed by atoms with van der Waals surface area (Å²) < 4.78 is 1.82. The minimum atomic E-state index is -0.0984. The number of aryl methyl sites for hydroxylation is 2. The monoisotopic (exact) mass is 389 g/mol. The molecule has 1 fully saturated rings. The van der Waals surface area contributed by atoms with Crippen LogP contribution in [0.2, 0.25) is 10.2 Å². The second kappa shape index (κ2) is 6.45. The highest BCUT2D eigenvalue weighted by atomic mass is 35.5. The molecule has 8 heteroatoms. The molecule has 0 radical (unpaired) electrons. The first kappa shape index (κ1) is 17.1. The normalized spacial score (nSPS) is 14.5. The Morgan fingerprint density at radius 3 is 2.81 bits per heavy atom. The molecule has 1 N–H and O–H groups in total. The van der Waals surface area contributed by atoms with Gasteiger partial charge in [-0.3, -0.25) is 9.48 Å². The highest BCUT2D eigenvalue weighted by Crippen LogP contribution is 2.30. The fraction of sp³-hybridized carbons (Fsp3) is 0.278. The topological polar surface area (TPSA) is 63.1 Å². The molecular formula is C18H17Cl2N5O. The van der Waals surface area contributed by atoms with Crippen LogP contribution in [0.1, 0.15) is 16.1 Å². The van der Waals surface area contributed by atoms with Gasteiger partial charge < -0.3 is 10.2 Å². The summed E-state index contributed by atoms with van der Waals surface area (Å²) in [5.74, 6) is -0.0984. The molecule has 1 aliphatic heterocycles. The van der Waals surface area contributed by atoms with Crippen molar-refractivity contribution in [3.63, 3.8) is 0 Å². The minimum Gasteiger partial charge on any atom is -0.366 e. The zero-order valence-electron chi connectivity index (χ0n) is 14.3. The van der Waals surface area contributed by atoms with Crippen LogP contribution in [0, 0.1) is 6.92 Å². The number of halogens is 2. The van der Waals surface area contributed by atoms with E-state index in [1.165, 1.54) is 6.20 Å². The molecule has 0 unspecified atom stereocenters. The van der Waals surface area contributed by atoms with Gasteiger partial charge in [0.05, 0.1) is 22.3 Å². The van der Waals surface area contributed by atoms with E-state index < -0.39 is 0 Å². The van der Waals surface area contributed by atoms with Crippen LogP contribution in [-0.2, 0) is 7.05 Å². The van der Waals surface area contributed by atoms with Gasteiger partial charge in [-0.15, -0.1) is 0 Å². The van der Waals surface area contributed by atoms with E-state index in [0.717, 1.165) is 22.3 Å². The largest absolute Gasteiger partial charge is 0.366 e. The number of rotatable bonds is 3. The van der Waals surface area contributed by atoms with Crippen molar-refractivity contribution in [1.82, 2.24) is 20.1 Å². The lowest BCUT2D eigenvalue weighted by Crippen LogP contribution is -2.59. The van der Waals surface area contributed by atoms with E-state index in [4.69, 9.17) is 23.2 Å². The molecule has 3 heterocycles. The van der Waals surface area contributed by atoms with Gasteiger partial charge >= 0.3 is 0 Å². The summed E-state index contributed by atoms with van der Waals surface area (Å²) in [6.45, 7) is 3.36. The van der Waals surface area contributed by atoms with Gasteiger partial charge in [0, 0.05) is 49.0 Å². The molecule has 0 aliphatic carbocycles. The molecule has 134 valence electrons. The second-order valence-corrected chi connectivity index (χ2v) is 7.27. The molecule has 0 atom stereocenters. The molecule has 4 rings (SSSR count). The highest BCUT2D eigenvalue weighted by molar-refractivity contribution is 6.34. The maximum atomic E-state index is 12.5. The standard InChI is InChI=1S/C18H17Cl2N5O/c1-10-13-4-3-11(5-15(13)23-24(10)2)18(26)22-12-8-25(9-12)16-6-17(20)21-7-14(16)19/h3-7,12H,8-9H2,1-2H3,(H,22,26). The van der Waals surface area contributed by atoms with Gasteiger partial charge in [-0.05, 0) is 19.1 Å². The Balaban J connectivity index is 1.43. The van der Waals surface area contributed by atoms with Crippen molar-refractivity contribution in [2.24, 2.45) is 7.05 Å². The van der Waals surface area contributed by atoms with Gasteiger partial charge in [-0.25, -0.2) is 4.98 Å². The molecule has 26 heavy (non-hydrogen) atoms. The van der Waals surface area contributed by atoms with Crippen molar-refractivity contribution in [2.75, 3.05) is 18.0 Å². The third-order valence-corrected chi connectivity index (χ3v) is 5.25. The summed E-state index contributed by atoms with van der Waals surface area (Å²) in [4.78, 5) is 18.5. The third-order valence-electron chi connectivity index (χ3n) is 4.75. The maximum Gasteiger partial charge on any atom is 0.251 e. The van der Waals surface area contributed by atoms with Crippen LogP contribution in [-0.4, -0.2) is 39.8 Å². The van der Waals surface area contributed by atoms with Crippen LogP contribution in [0.4, 0.5) is 5.69 Å².